The summed E-state index contributed by atoms with van der Waals surface area (Å²) in [7, 11) is 0. The van der Waals surface area contributed by atoms with Crippen LogP contribution in [0.4, 0.5) is 0 Å². The average molecular weight is 350 g/mol. The van der Waals surface area contributed by atoms with Crippen LogP contribution < -0.4 is 0 Å². The Morgan fingerprint density at radius 1 is 1.20 bits per heavy atom. The van der Waals surface area contributed by atoms with Crippen LogP contribution in [0.5, 0.6) is 0 Å². The molecule has 0 bridgehead atoms. The lowest BCUT2D eigenvalue weighted by atomic mass is 10.2. The van der Waals surface area contributed by atoms with Crippen LogP contribution in [0.1, 0.15) is 23.7 Å². The molecule has 102 valence electrons. The first-order chi connectivity index (χ1) is 9.56. The van der Waals surface area contributed by atoms with Gasteiger partial charge in [0.15, 0.2) is 0 Å². The zero-order valence-corrected chi connectivity index (χ0v) is 13.6. The number of alkyl halides is 1. The van der Waals surface area contributed by atoms with Crippen molar-refractivity contribution in [3.05, 3.63) is 58.3 Å². The van der Waals surface area contributed by atoms with Gasteiger partial charge in [-0.2, -0.15) is 0 Å². The highest BCUT2D eigenvalue weighted by Crippen LogP contribution is 2.29. The molecule has 2 aromatic carbocycles. The molecule has 3 rings (SSSR count). The zero-order chi connectivity index (χ0) is 14.3. The van der Waals surface area contributed by atoms with Gasteiger partial charge in [-0.25, -0.2) is 4.98 Å². The Kier molecular flexibility index (Phi) is 3.57. The molecule has 0 N–H and O–H groups in total. The summed E-state index contributed by atoms with van der Waals surface area (Å²) >= 11 is 9.87. The minimum Gasteiger partial charge on any atom is -0.295 e. The van der Waals surface area contributed by atoms with Gasteiger partial charge in [0.2, 0.25) is 0 Å². The van der Waals surface area contributed by atoms with E-state index in [1.807, 2.05) is 25.1 Å². The van der Waals surface area contributed by atoms with Crippen molar-refractivity contribution in [2.24, 2.45) is 0 Å². The molecule has 0 aliphatic carbocycles. The van der Waals surface area contributed by atoms with E-state index in [1.54, 1.807) is 0 Å². The maximum absolute atomic E-state index is 6.31. The van der Waals surface area contributed by atoms with Crippen molar-refractivity contribution < 1.29 is 0 Å². The number of hydrogen-bond donors (Lipinski definition) is 0. The van der Waals surface area contributed by atoms with Crippen LogP contribution in [-0.2, 0) is 0 Å². The Morgan fingerprint density at radius 3 is 2.65 bits per heavy atom. The fraction of sp³-hybridized carbons (Fsp3) is 0.188. The molecular weight excluding hydrogens is 336 g/mol. The lowest BCUT2D eigenvalue weighted by Gasteiger charge is -2.12. The van der Waals surface area contributed by atoms with E-state index in [2.05, 4.69) is 56.7 Å². The second-order valence-corrected chi connectivity index (χ2v) is 6.47. The third kappa shape index (κ3) is 2.36. The number of nitrogens with zero attached hydrogens (tertiary/aromatic N) is 2. The Bertz CT molecular complexity index is 757. The highest BCUT2D eigenvalue weighted by Gasteiger charge is 2.16. The SMILES string of the molecule is Cc1cc(Br)cc(-n2c(C(C)Cl)nc3ccccc32)c1. The maximum atomic E-state index is 6.31. The van der Waals surface area contributed by atoms with Gasteiger partial charge in [0.05, 0.1) is 16.4 Å². The summed E-state index contributed by atoms with van der Waals surface area (Å²) in [6.07, 6.45) is 0. The number of aryl methyl sites for hydroxylation is 1. The molecule has 0 amide bonds. The van der Waals surface area contributed by atoms with Gasteiger partial charge in [0, 0.05) is 10.2 Å². The molecule has 0 saturated heterocycles. The summed E-state index contributed by atoms with van der Waals surface area (Å²) in [5.74, 6) is 0.866. The number of halogens is 2. The van der Waals surface area contributed by atoms with E-state index in [0.29, 0.717) is 0 Å². The van der Waals surface area contributed by atoms with E-state index in [-0.39, 0.29) is 5.38 Å². The predicted molar refractivity (Wildman–Crippen MR) is 87.8 cm³/mol. The second kappa shape index (κ2) is 5.23. The lowest BCUT2D eigenvalue weighted by molar-refractivity contribution is 0.881. The van der Waals surface area contributed by atoms with E-state index in [4.69, 9.17) is 11.6 Å². The number of rotatable bonds is 2. The van der Waals surface area contributed by atoms with Gasteiger partial charge in [-0.3, -0.25) is 4.57 Å². The van der Waals surface area contributed by atoms with Gasteiger partial charge >= 0.3 is 0 Å². The summed E-state index contributed by atoms with van der Waals surface area (Å²) in [5.41, 5.74) is 4.31. The number of imidazole rings is 1. The molecule has 3 aromatic rings. The molecule has 0 fully saturated rings. The molecule has 0 spiro atoms. The molecule has 2 nitrogen and oxygen atoms in total. The van der Waals surface area contributed by atoms with Crippen molar-refractivity contribution in [1.82, 2.24) is 9.55 Å². The average Bonchev–Trinajstić information content (AvgIpc) is 2.77. The topological polar surface area (TPSA) is 17.8 Å². The fourth-order valence-electron chi connectivity index (χ4n) is 2.43. The molecule has 4 heteroatoms. The van der Waals surface area contributed by atoms with E-state index >= 15 is 0 Å². The monoisotopic (exact) mass is 348 g/mol. The summed E-state index contributed by atoms with van der Waals surface area (Å²) in [5, 5.41) is -0.151. The number of benzene rings is 2. The lowest BCUT2D eigenvalue weighted by Crippen LogP contribution is -2.02. The minimum atomic E-state index is -0.151. The van der Waals surface area contributed by atoms with Crippen molar-refractivity contribution in [2.75, 3.05) is 0 Å². The van der Waals surface area contributed by atoms with Crippen molar-refractivity contribution in [1.29, 1.82) is 0 Å². The summed E-state index contributed by atoms with van der Waals surface area (Å²) < 4.78 is 3.18. The Balaban J connectivity index is 2.36. The normalized spacial score (nSPS) is 12.8. The number of para-hydroxylation sites is 2. The van der Waals surface area contributed by atoms with Gasteiger partial charge in [0.1, 0.15) is 5.82 Å². The largest absolute Gasteiger partial charge is 0.295 e. The highest BCUT2D eigenvalue weighted by molar-refractivity contribution is 9.10. The van der Waals surface area contributed by atoms with Gasteiger partial charge in [-0.15, -0.1) is 11.6 Å². The van der Waals surface area contributed by atoms with Gasteiger partial charge in [0.25, 0.3) is 0 Å². The molecule has 1 heterocycles. The van der Waals surface area contributed by atoms with E-state index < -0.39 is 0 Å². The van der Waals surface area contributed by atoms with Gasteiger partial charge < -0.3 is 0 Å². The van der Waals surface area contributed by atoms with Crippen LogP contribution in [0.25, 0.3) is 16.7 Å². The minimum absolute atomic E-state index is 0.151. The van der Waals surface area contributed by atoms with Crippen molar-refractivity contribution in [3.63, 3.8) is 0 Å². The van der Waals surface area contributed by atoms with Crippen molar-refractivity contribution in [2.45, 2.75) is 19.2 Å². The van der Waals surface area contributed by atoms with E-state index in [0.717, 1.165) is 27.0 Å². The maximum Gasteiger partial charge on any atom is 0.132 e. The summed E-state index contributed by atoms with van der Waals surface area (Å²) in [6, 6.07) is 14.4. The molecule has 1 unspecified atom stereocenters. The first-order valence-corrected chi connectivity index (χ1v) is 7.68. The third-order valence-electron chi connectivity index (χ3n) is 3.23. The van der Waals surface area contributed by atoms with Crippen molar-refractivity contribution >= 4 is 38.6 Å². The van der Waals surface area contributed by atoms with Crippen LogP contribution in [0.3, 0.4) is 0 Å². The molecule has 1 aromatic heterocycles. The number of aromatic nitrogens is 2. The zero-order valence-electron chi connectivity index (χ0n) is 11.3. The molecule has 1 atom stereocenters. The van der Waals surface area contributed by atoms with Crippen molar-refractivity contribution in [3.8, 4) is 5.69 Å². The second-order valence-electron chi connectivity index (χ2n) is 4.90. The number of fused-ring (bicyclic) bond motifs is 1. The first-order valence-electron chi connectivity index (χ1n) is 6.45. The highest BCUT2D eigenvalue weighted by atomic mass is 79.9. The Labute approximate surface area is 131 Å². The Hall–Kier alpha value is -1.32. The molecule has 0 aliphatic heterocycles. The third-order valence-corrected chi connectivity index (χ3v) is 3.88. The fourth-order valence-corrected chi connectivity index (χ4v) is 3.17. The first kappa shape index (κ1) is 13.7. The standard InChI is InChI=1S/C16H14BrClN2/c1-10-7-12(17)9-13(8-10)20-15-6-4-3-5-14(15)19-16(20)11(2)18/h3-9,11H,1-2H3. The van der Waals surface area contributed by atoms with Gasteiger partial charge in [-0.1, -0.05) is 28.1 Å². The molecule has 0 aliphatic rings. The van der Waals surface area contributed by atoms with Crippen LogP contribution in [-0.4, -0.2) is 9.55 Å². The quantitative estimate of drug-likeness (QED) is 0.567. The molecule has 20 heavy (non-hydrogen) atoms. The van der Waals surface area contributed by atoms with Crippen LogP contribution in [0.15, 0.2) is 46.9 Å². The van der Waals surface area contributed by atoms with Crippen LogP contribution >= 0.6 is 27.5 Å². The molecule has 0 saturated carbocycles. The van der Waals surface area contributed by atoms with Crippen LogP contribution in [0.2, 0.25) is 0 Å². The summed E-state index contributed by atoms with van der Waals surface area (Å²) in [4.78, 5) is 4.66. The smallest absolute Gasteiger partial charge is 0.132 e. The Morgan fingerprint density at radius 2 is 1.95 bits per heavy atom. The van der Waals surface area contributed by atoms with Gasteiger partial charge in [-0.05, 0) is 49.7 Å². The number of hydrogen-bond acceptors (Lipinski definition) is 1. The van der Waals surface area contributed by atoms with E-state index in [9.17, 15) is 0 Å². The predicted octanol–water partition coefficient (Wildman–Crippen LogP) is 5.40. The van der Waals surface area contributed by atoms with E-state index in [1.165, 1.54) is 5.56 Å². The summed E-state index contributed by atoms with van der Waals surface area (Å²) in [6.45, 7) is 4.03. The van der Waals surface area contributed by atoms with Crippen LogP contribution in [0, 0.1) is 6.92 Å². The molecular formula is C16H14BrClN2. The molecule has 0 radical (unpaired) electrons.